The van der Waals surface area contributed by atoms with Gasteiger partial charge in [-0.2, -0.15) is 0 Å². The van der Waals surface area contributed by atoms with Gasteiger partial charge in [0.2, 0.25) is 0 Å². The number of guanidine groups is 1. The van der Waals surface area contributed by atoms with Gasteiger partial charge >= 0.3 is 5.97 Å². The molecule has 0 aliphatic rings. The first-order valence-corrected chi connectivity index (χ1v) is 9.41. The van der Waals surface area contributed by atoms with Gasteiger partial charge in [-0.15, -0.1) is 24.0 Å². The van der Waals surface area contributed by atoms with Gasteiger partial charge in [0.1, 0.15) is 5.75 Å². The summed E-state index contributed by atoms with van der Waals surface area (Å²) in [6, 6.07) is 8.13. The van der Waals surface area contributed by atoms with E-state index in [0.717, 1.165) is 63.4 Å². The summed E-state index contributed by atoms with van der Waals surface area (Å²) >= 11 is 0. The summed E-state index contributed by atoms with van der Waals surface area (Å²) in [4.78, 5) is 15.6. The minimum absolute atomic E-state index is 0. The van der Waals surface area contributed by atoms with E-state index in [-0.39, 0.29) is 29.9 Å². The molecule has 1 aromatic rings. The summed E-state index contributed by atoms with van der Waals surface area (Å²) in [6.07, 6.45) is 5.46. The predicted octanol–water partition coefficient (Wildman–Crippen LogP) is 3.53. The molecule has 0 aliphatic carbocycles. The molecule has 154 valence electrons. The lowest BCUT2D eigenvalue weighted by molar-refractivity contribution is -0.140. The zero-order valence-corrected chi connectivity index (χ0v) is 19.1. The van der Waals surface area contributed by atoms with Crippen molar-refractivity contribution in [3.05, 3.63) is 29.8 Å². The Balaban J connectivity index is 0.00000676. The summed E-state index contributed by atoms with van der Waals surface area (Å²) in [7, 11) is 3.11. The molecule has 0 heterocycles. The van der Waals surface area contributed by atoms with Crippen molar-refractivity contribution < 1.29 is 14.3 Å². The van der Waals surface area contributed by atoms with Gasteiger partial charge in [-0.05, 0) is 43.9 Å². The summed E-state index contributed by atoms with van der Waals surface area (Å²) in [6.45, 7) is 4.52. The van der Waals surface area contributed by atoms with Crippen LogP contribution in [0.3, 0.4) is 0 Å². The number of hydrogen-bond donors (Lipinski definition) is 2. The number of nitrogens with zero attached hydrogens (tertiary/aromatic N) is 1. The van der Waals surface area contributed by atoms with Gasteiger partial charge < -0.3 is 20.1 Å². The van der Waals surface area contributed by atoms with Crippen LogP contribution in [0, 0.1) is 0 Å². The van der Waals surface area contributed by atoms with Crippen LogP contribution in [0.2, 0.25) is 0 Å². The van der Waals surface area contributed by atoms with E-state index in [1.54, 1.807) is 7.11 Å². The van der Waals surface area contributed by atoms with E-state index >= 15 is 0 Å². The molecule has 0 saturated carbocycles. The van der Waals surface area contributed by atoms with Crippen LogP contribution >= 0.6 is 24.0 Å². The Morgan fingerprint density at radius 1 is 1.04 bits per heavy atom. The molecule has 1 rings (SSSR count). The number of carbonyl (C=O) groups is 1. The topological polar surface area (TPSA) is 72.0 Å². The molecule has 1 aromatic carbocycles. The standard InChI is InChI=1S/C20H33N3O3.HI/c1-4-21-20(22-15-8-6-5-7-9-19(24)26-3)23-16-14-17-10-12-18(25-2)13-11-17;/h10-13H,4-9,14-16H2,1-3H3,(H2,21,22,23);1H. The van der Waals surface area contributed by atoms with Crippen molar-refractivity contribution in [2.75, 3.05) is 33.9 Å². The molecule has 0 radical (unpaired) electrons. The molecule has 0 amide bonds. The molecule has 0 bridgehead atoms. The van der Waals surface area contributed by atoms with Crippen LogP contribution in [0.15, 0.2) is 29.3 Å². The van der Waals surface area contributed by atoms with Gasteiger partial charge in [0.15, 0.2) is 5.96 Å². The molecule has 0 unspecified atom stereocenters. The summed E-state index contributed by atoms with van der Waals surface area (Å²) < 4.78 is 9.81. The van der Waals surface area contributed by atoms with Gasteiger partial charge in [-0.1, -0.05) is 25.0 Å². The molecule has 27 heavy (non-hydrogen) atoms. The van der Waals surface area contributed by atoms with E-state index < -0.39 is 0 Å². The molecular weight excluding hydrogens is 457 g/mol. The Labute approximate surface area is 180 Å². The fraction of sp³-hybridized carbons (Fsp3) is 0.600. The second-order valence-corrected chi connectivity index (χ2v) is 6.03. The number of benzene rings is 1. The smallest absolute Gasteiger partial charge is 0.305 e. The number of hydrogen-bond acceptors (Lipinski definition) is 4. The number of unbranched alkanes of at least 4 members (excludes halogenated alkanes) is 3. The quantitative estimate of drug-likeness (QED) is 0.154. The minimum atomic E-state index is -0.126. The maximum Gasteiger partial charge on any atom is 0.305 e. The first-order chi connectivity index (χ1) is 12.7. The van der Waals surface area contributed by atoms with E-state index in [1.165, 1.54) is 12.7 Å². The number of carbonyl (C=O) groups excluding carboxylic acids is 1. The third-order valence-electron chi connectivity index (χ3n) is 4.00. The van der Waals surface area contributed by atoms with Gasteiger partial charge in [0.05, 0.1) is 14.2 Å². The van der Waals surface area contributed by atoms with Crippen molar-refractivity contribution in [2.45, 2.75) is 45.4 Å². The molecule has 0 spiro atoms. The average Bonchev–Trinajstić information content (AvgIpc) is 2.67. The summed E-state index contributed by atoms with van der Waals surface area (Å²) in [5.41, 5.74) is 1.26. The van der Waals surface area contributed by atoms with E-state index in [9.17, 15) is 4.79 Å². The van der Waals surface area contributed by atoms with Gasteiger partial charge in [0, 0.05) is 26.1 Å². The van der Waals surface area contributed by atoms with Gasteiger partial charge in [-0.3, -0.25) is 9.79 Å². The zero-order valence-electron chi connectivity index (χ0n) is 16.8. The van der Waals surface area contributed by atoms with E-state index in [4.69, 9.17) is 4.74 Å². The molecule has 0 saturated heterocycles. The summed E-state index contributed by atoms with van der Waals surface area (Å²) in [5, 5.41) is 6.64. The number of nitrogens with one attached hydrogen (secondary N) is 2. The lowest BCUT2D eigenvalue weighted by atomic mass is 10.1. The summed E-state index contributed by atoms with van der Waals surface area (Å²) in [5.74, 6) is 1.61. The molecule has 0 atom stereocenters. The van der Waals surface area contributed by atoms with E-state index in [2.05, 4.69) is 39.4 Å². The average molecular weight is 491 g/mol. The van der Waals surface area contributed by atoms with Crippen LogP contribution < -0.4 is 15.4 Å². The second kappa shape index (κ2) is 16.6. The first-order valence-electron chi connectivity index (χ1n) is 9.41. The maximum atomic E-state index is 11.0. The Hall–Kier alpha value is -1.51. The Morgan fingerprint density at radius 3 is 2.37 bits per heavy atom. The molecule has 6 nitrogen and oxygen atoms in total. The number of esters is 1. The highest BCUT2D eigenvalue weighted by molar-refractivity contribution is 14.0. The normalized spacial score (nSPS) is 10.7. The highest BCUT2D eigenvalue weighted by Gasteiger charge is 2.00. The van der Waals surface area contributed by atoms with E-state index in [0.29, 0.717) is 6.42 Å². The predicted molar refractivity (Wildman–Crippen MR) is 121 cm³/mol. The Kier molecular flexibility index (Phi) is 15.7. The Bertz CT molecular complexity index is 536. The minimum Gasteiger partial charge on any atom is -0.497 e. The number of aliphatic imine (C=N–C) groups is 1. The Morgan fingerprint density at radius 2 is 1.74 bits per heavy atom. The zero-order chi connectivity index (χ0) is 19.0. The van der Waals surface area contributed by atoms with Crippen molar-refractivity contribution >= 4 is 35.9 Å². The lowest BCUT2D eigenvalue weighted by Gasteiger charge is -2.11. The fourth-order valence-electron chi connectivity index (χ4n) is 2.49. The van der Waals surface area contributed by atoms with Crippen molar-refractivity contribution in [2.24, 2.45) is 4.99 Å². The molecule has 2 N–H and O–H groups in total. The highest BCUT2D eigenvalue weighted by Crippen LogP contribution is 2.11. The van der Waals surface area contributed by atoms with Crippen molar-refractivity contribution in [1.82, 2.24) is 10.6 Å². The number of methoxy groups -OCH3 is 2. The second-order valence-electron chi connectivity index (χ2n) is 6.03. The number of halogens is 1. The van der Waals surface area contributed by atoms with Crippen LogP contribution in [0.4, 0.5) is 0 Å². The van der Waals surface area contributed by atoms with Gasteiger partial charge in [-0.25, -0.2) is 0 Å². The largest absolute Gasteiger partial charge is 0.497 e. The van der Waals surface area contributed by atoms with Crippen LogP contribution in [0.5, 0.6) is 5.75 Å². The SMILES string of the molecule is CCNC(=NCCCCCCC(=O)OC)NCCc1ccc(OC)cc1.I. The monoisotopic (exact) mass is 491 g/mol. The fourth-order valence-corrected chi connectivity index (χ4v) is 2.49. The van der Waals surface area contributed by atoms with Crippen molar-refractivity contribution in [3.8, 4) is 5.75 Å². The van der Waals surface area contributed by atoms with Crippen LogP contribution in [-0.4, -0.2) is 45.8 Å². The molecule has 0 fully saturated rings. The van der Waals surface area contributed by atoms with Crippen molar-refractivity contribution in [1.29, 1.82) is 0 Å². The van der Waals surface area contributed by atoms with Crippen LogP contribution in [-0.2, 0) is 16.0 Å². The van der Waals surface area contributed by atoms with E-state index in [1.807, 2.05) is 12.1 Å². The maximum absolute atomic E-state index is 11.0. The number of rotatable bonds is 12. The van der Waals surface area contributed by atoms with Crippen molar-refractivity contribution in [3.63, 3.8) is 0 Å². The first kappa shape index (κ1) is 25.5. The third kappa shape index (κ3) is 12.5. The van der Waals surface area contributed by atoms with Gasteiger partial charge in [0.25, 0.3) is 0 Å². The molecule has 0 aromatic heterocycles. The van der Waals surface area contributed by atoms with Crippen LogP contribution in [0.25, 0.3) is 0 Å². The molecule has 7 heteroatoms. The third-order valence-corrected chi connectivity index (χ3v) is 4.00. The number of ether oxygens (including phenoxy) is 2. The highest BCUT2D eigenvalue weighted by atomic mass is 127. The molecule has 0 aliphatic heterocycles. The lowest BCUT2D eigenvalue weighted by Crippen LogP contribution is -2.38. The molecular formula is C20H34IN3O3. The van der Waals surface area contributed by atoms with Crippen LogP contribution in [0.1, 0.15) is 44.6 Å².